The number of hydrogen-bond acceptors (Lipinski definition) is 3. The SMILES string of the molecule is CC.Cc1cnc(=O)[nH]c1C(=O)O. The molecular weight excluding hydrogens is 172 g/mol. The Balaban J connectivity index is 0.000000671. The van der Waals surface area contributed by atoms with Crippen LogP contribution in [-0.2, 0) is 0 Å². The lowest BCUT2D eigenvalue weighted by Gasteiger charge is -1.95. The second-order valence-electron chi connectivity index (χ2n) is 2.05. The molecule has 0 bridgehead atoms. The van der Waals surface area contributed by atoms with E-state index in [0.29, 0.717) is 5.56 Å². The van der Waals surface area contributed by atoms with Crippen molar-refractivity contribution in [1.29, 1.82) is 0 Å². The number of aromatic carboxylic acids is 1. The summed E-state index contributed by atoms with van der Waals surface area (Å²) in [5.74, 6) is -1.15. The maximum absolute atomic E-state index is 10.5. The van der Waals surface area contributed by atoms with Gasteiger partial charge in [0.15, 0.2) is 0 Å². The molecule has 1 heterocycles. The fourth-order valence-electron chi connectivity index (χ4n) is 0.680. The van der Waals surface area contributed by atoms with Crippen LogP contribution in [0.3, 0.4) is 0 Å². The van der Waals surface area contributed by atoms with Gasteiger partial charge in [-0.1, -0.05) is 13.8 Å². The quantitative estimate of drug-likeness (QED) is 0.676. The molecule has 0 fully saturated rings. The molecule has 0 aliphatic rings. The molecular formula is C8H12N2O3. The molecule has 72 valence electrons. The number of aromatic amines is 1. The number of aromatic nitrogens is 2. The first-order valence-electron chi connectivity index (χ1n) is 3.90. The zero-order chi connectivity index (χ0) is 10.4. The number of carboxylic acid groups (broad SMARTS) is 1. The molecule has 0 atom stereocenters. The second kappa shape index (κ2) is 5.08. The van der Waals surface area contributed by atoms with E-state index in [1.807, 2.05) is 13.8 Å². The molecule has 1 aromatic heterocycles. The summed E-state index contributed by atoms with van der Waals surface area (Å²) in [6.07, 6.45) is 1.22. The Morgan fingerprint density at radius 1 is 1.54 bits per heavy atom. The Hall–Kier alpha value is -1.65. The van der Waals surface area contributed by atoms with Crippen LogP contribution in [0.1, 0.15) is 29.9 Å². The summed E-state index contributed by atoms with van der Waals surface area (Å²) in [5.41, 5.74) is -0.310. The van der Waals surface area contributed by atoms with Gasteiger partial charge in [-0.2, -0.15) is 0 Å². The van der Waals surface area contributed by atoms with E-state index in [1.165, 1.54) is 6.20 Å². The molecule has 0 aliphatic carbocycles. The third-order valence-corrected chi connectivity index (χ3v) is 1.22. The topological polar surface area (TPSA) is 83.0 Å². The molecule has 0 saturated carbocycles. The minimum Gasteiger partial charge on any atom is -0.477 e. The highest BCUT2D eigenvalue weighted by molar-refractivity contribution is 5.86. The van der Waals surface area contributed by atoms with Gasteiger partial charge >= 0.3 is 11.7 Å². The number of carbonyl (C=O) groups is 1. The van der Waals surface area contributed by atoms with E-state index < -0.39 is 11.7 Å². The maximum atomic E-state index is 10.5. The number of nitrogens with zero attached hydrogens (tertiary/aromatic N) is 1. The van der Waals surface area contributed by atoms with Gasteiger partial charge in [0.05, 0.1) is 0 Å². The number of rotatable bonds is 1. The van der Waals surface area contributed by atoms with Crippen LogP contribution >= 0.6 is 0 Å². The molecule has 0 spiro atoms. The van der Waals surface area contributed by atoms with E-state index in [2.05, 4.69) is 9.97 Å². The summed E-state index contributed by atoms with van der Waals surface area (Å²) in [6.45, 7) is 5.56. The summed E-state index contributed by atoms with van der Waals surface area (Å²) < 4.78 is 0. The minimum atomic E-state index is -1.15. The Morgan fingerprint density at radius 2 is 2.08 bits per heavy atom. The lowest BCUT2D eigenvalue weighted by Crippen LogP contribution is -2.16. The summed E-state index contributed by atoms with van der Waals surface area (Å²) >= 11 is 0. The smallest absolute Gasteiger partial charge is 0.352 e. The van der Waals surface area contributed by atoms with Crippen molar-refractivity contribution >= 4 is 5.97 Å². The first-order chi connectivity index (χ1) is 6.11. The van der Waals surface area contributed by atoms with Crippen LogP contribution in [0.15, 0.2) is 11.0 Å². The van der Waals surface area contributed by atoms with Crippen LogP contribution in [0.25, 0.3) is 0 Å². The van der Waals surface area contributed by atoms with E-state index in [4.69, 9.17) is 5.11 Å². The lowest BCUT2D eigenvalue weighted by atomic mass is 10.2. The van der Waals surface area contributed by atoms with Crippen molar-refractivity contribution in [2.24, 2.45) is 0 Å². The van der Waals surface area contributed by atoms with Gasteiger partial charge in [0, 0.05) is 6.20 Å². The molecule has 0 aromatic carbocycles. The Labute approximate surface area is 75.5 Å². The van der Waals surface area contributed by atoms with Crippen molar-refractivity contribution in [3.8, 4) is 0 Å². The van der Waals surface area contributed by atoms with Crippen LogP contribution < -0.4 is 5.69 Å². The fraction of sp³-hybridized carbons (Fsp3) is 0.375. The Kier molecular flexibility index (Phi) is 4.43. The summed E-state index contributed by atoms with van der Waals surface area (Å²) in [4.78, 5) is 26.3. The zero-order valence-electron chi connectivity index (χ0n) is 7.79. The van der Waals surface area contributed by atoms with E-state index in [0.717, 1.165) is 0 Å². The van der Waals surface area contributed by atoms with Crippen molar-refractivity contribution in [2.75, 3.05) is 0 Å². The number of carboxylic acids is 1. The van der Waals surface area contributed by atoms with E-state index in [9.17, 15) is 9.59 Å². The summed E-state index contributed by atoms with van der Waals surface area (Å²) in [7, 11) is 0. The van der Waals surface area contributed by atoms with Crippen molar-refractivity contribution < 1.29 is 9.90 Å². The number of aryl methyl sites for hydroxylation is 1. The van der Waals surface area contributed by atoms with Crippen molar-refractivity contribution in [3.63, 3.8) is 0 Å². The number of H-pyrrole nitrogens is 1. The van der Waals surface area contributed by atoms with E-state index in [-0.39, 0.29) is 5.69 Å². The highest BCUT2D eigenvalue weighted by Gasteiger charge is 2.06. The molecule has 1 aromatic rings. The first kappa shape index (κ1) is 11.4. The van der Waals surface area contributed by atoms with Gasteiger partial charge in [0.2, 0.25) is 0 Å². The monoisotopic (exact) mass is 184 g/mol. The molecule has 13 heavy (non-hydrogen) atoms. The largest absolute Gasteiger partial charge is 0.477 e. The molecule has 1 rings (SSSR count). The van der Waals surface area contributed by atoms with Crippen molar-refractivity contribution in [1.82, 2.24) is 9.97 Å². The average Bonchev–Trinajstić information content (AvgIpc) is 2.12. The number of hydrogen-bond donors (Lipinski definition) is 2. The van der Waals surface area contributed by atoms with Gasteiger partial charge < -0.3 is 5.11 Å². The molecule has 0 saturated heterocycles. The van der Waals surface area contributed by atoms with E-state index >= 15 is 0 Å². The third-order valence-electron chi connectivity index (χ3n) is 1.22. The third kappa shape index (κ3) is 3.06. The molecule has 0 aliphatic heterocycles. The maximum Gasteiger partial charge on any atom is 0.352 e. The molecule has 2 N–H and O–H groups in total. The van der Waals surface area contributed by atoms with Crippen LogP contribution in [0.2, 0.25) is 0 Å². The minimum absolute atomic E-state index is 0.106. The highest BCUT2D eigenvalue weighted by atomic mass is 16.4. The normalized spacial score (nSPS) is 8.54. The molecule has 0 radical (unpaired) electrons. The summed E-state index contributed by atoms with van der Waals surface area (Å²) in [6, 6.07) is 0. The van der Waals surface area contributed by atoms with Gasteiger partial charge in [0.1, 0.15) is 5.69 Å². The van der Waals surface area contributed by atoms with Gasteiger partial charge in [-0.25, -0.2) is 14.6 Å². The lowest BCUT2D eigenvalue weighted by molar-refractivity contribution is 0.0689. The van der Waals surface area contributed by atoms with Gasteiger partial charge in [0.25, 0.3) is 0 Å². The van der Waals surface area contributed by atoms with Gasteiger partial charge in [-0.3, -0.25) is 4.98 Å². The first-order valence-corrected chi connectivity index (χ1v) is 3.90. The van der Waals surface area contributed by atoms with Gasteiger partial charge in [-0.05, 0) is 12.5 Å². The Morgan fingerprint density at radius 3 is 2.46 bits per heavy atom. The number of nitrogens with one attached hydrogen (secondary N) is 1. The molecule has 5 nitrogen and oxygen atoms in total. The van der Waals surface area contributed by atoms with Gasteiger partial charge in [-0.15, -0.1) is 0 Å². The molecule has 0 unspecified atom stereocenters. The standard InChI is InChI=1S/C6H6N2O3.C2H6/c1-3-2-7-6(11)8-4(3)5(9)10;1-2/h2H,1H3,(H,9,10)(H,7,8,11);1-2H3. The average molecular weight is 184 g/mol. The van der Waals surface area contributed by atoms with Crippen LogP contribution in [0.5, 0.6) is 0 Å². The van der Waals surface area contributed by atoms with Crippen LogP contribution in [-0.4, -0.2) is 21.0 Å². The Bertz CT molecular complexity index is 343. The fourth-order valence-corrected chi connectivity index (χ4v) is 0.680. The van der Waals surface area contributed by atoms with Crippen LogP contribution in [0.4, 0.5) is 0 Å². The van der Waals surface area contributed by atoms with E-state index in [1.54, 1.807) is 6.92 Å². The predicted molar refractivity (Wildman–Crippen MR) is 47.9 cm³/mol. The highest BCUT2D eigenvalue weighted by Crippen LogP contribution is 1.97. The summed E-state index contributed by atoms with van der Waals surface area (Å²) in [5, 5.41) is 8.49. The van der Waals surface area contributed by atoms with Crippen molar-refractivity contribution in [2.45, 2.75) is 20.8 Å². The molecule has 5 heteroatoms. The van der Waals surface area contributed by atoms with Crippen LogP contribution in [0, 0.1) is 6.92 Å². The predicted octanol–water partition coefficient (Wildman–Crippen LogP) is 0.803. The second-order valence-corrected chi connectivity index (χ2v) is 2.05. The van der Waals surface area contributed by atoms with Crippen molar-refractivity contribution in [3.05, 3.63) is 27.9 Å². The molecule has 0 amide bonds. The zero-order valence-corrected chi connectivity index (χ0v) is 7.79.